The van der Waals surface area contributed by atoms with Crippen LogP contribution in [0.3, 0.4) is 0 Å². The molecule has 1 aromatic heterocycles. The molecule has 2 aliphatic rings. The van der Waals surface area contributed by atoms with Crippen molar-refractivity contribution in [2.45, 2.75) is 45.1 Å². The Labute approximate surface area is 182 Å². The Morgan fingerprint density at radius 3 is 2.55 bits per heavy atom. The molecule has 1 aliphatic carbocycles. The fourth-order valence-electron chi connectivity index (χ4n) is 4.68. The zero-order valence-corrected chi connectivity index (χ0v) is 17.8. The van der Waals surface area contributed by atoms with Crippen LogP contribution in [-0.4, -0.2) is 30.6 Å². The summed E-state index contributed by atoms with van der Waals surface area (Å²) in [5.74, 6) is 2.75. The van der Waals surface area contributed by atoms with E-state index < -0.39 is 0 Å². The van der Waals surface area contributed by atoms with Crippen LogP contribution in [0.15, 0.2) is 52.9 Å². The van der Waals surface area contributed by atoms with E-state index in [2.05, 4.69) is 0 Å². The third-order valence-electron chi connectivity index (χ3n) is 6.31. The van der Waals surface area contributed by atoms with E-state index in [4.69, 9.17) is 13.9 Å². The minimum absolute atomic E-state index is 0.0154. The molecule has 3 aromatic rings. The predicted molar refractivity (Wildman–Crippen MR) is 120 cm³/mol. The van der Waals surface area contributed by atoms with E-state index in [1.807, 2.05) is 53.4 Å². The fraction of sp³-hybridized carbons (Fsp3) is 0.423. The molecule has 2 aromatic carbocycles. The van der Waals surface area contributed by atoms with Crippen LogP contribution in [0.1, 0.15) is 54.6 Å². The lowest BCUT2D eigenvalue weighted by molar-refractivity contribution is 0.0686. The number of hydrogen-bond acceptors (Lipinski definition) is 4. The number of nitrogens with zero attached hydrogens (tertiary/aromatic N) is 1. The quantitative estimate of drug-likeness (QED) is 0.523. The SMILES string of the molecule is O=C(c1ccc2c(c1)OCCCO2)N(Cc1cc2ccccc2o1)CC1CCCCC1. The number of ether oxygens (including phenoxy) is 2. The number of carbonyl (C=O) groups excluding carboxylic acids is 1. The molecule has 5 nitrogen and oxygen atoms in total. The van der Waals surface area contributed by atoms with Crippen molar-refractivity contribution in [3.8, 4) is 11.5 Å². The Balaban J connectivity index is 1.41. The average Bonchev–Trinajstić information content (AvgIpc) is 3.06. The average molecular weight is 420 g/mol. The lowest BCUT2D eigenvalue weighted by Crippen LogP contribution is -2.35. The minimum Gasteiger partial charge on any atom is -0.490 e. The summed E-state index contributed by atoms with van der Waals surface area (Å²) in [5.41, 5.74) is 1.49. The van der Waals surface area contributed by atoms with E-state index in [0.717, 1.165) is 29.7 Å². The summed E-state index contributed by atoms with van der Waals surface area (Å²) in [6.45, 7) is 2.47. The zero-order valence-electron chi connectivity index (χ0n) is 17.8. The number of hydrogen-bond donors (Lipinski definition) is 0. The molecular formula is C26H29NO4. The molecule has 1 amide bonds. The van der Waals surface area contributed by atoms with E-state index in [1.54, 1.807) is 0 Å². The van der Waals surface area contributed by atoms with Gasteiger partial charge in [-0.2, -0.15) is 0 Å². The van der Waals surface area contributed by atoms with E-state index in [1.165, 1.54) is 32.1 Å². The van der Waals surface area contributed by atoms with E-state index in [0.29, 0.717) is 42.7 Å². The van der Waals surface area contributed by atoms with Gasteiger partial charge in [0.2, 0.25) is 0 Å². The highest BCUT2D eigenvalue weighted by Gasteiger charge is 2.24. The molecule has 31 heavy (non-hydrogen) atoms. The lowest BCUT2D eigenvalue weighted by Gasteiger charge is -2.29. The number of amides is 1. The zero-order chi connectivity index (χ0) is 21.0. The number of rotatable bonds is 5. The second kappa shape index (κ2) is 9.04. The van der Waals surface area contributed by atoms with Gasteiger partial charge in [0.05, 0.1) is 19.8 Å². The van der Waals surface area contributed by atoms with Gasteiger partial charge in [0, 0.05) is 23.9 Å². The fourth-order valence-corrected chi connectivity index (χ4v) is 4.68. The van der Waals surface area contributed by atoms with Crippen molar-refractivity contribution < 1.29 is 18.7 Å². The maximum absolute atomic E-state index is 13.6. The number of para-hydroxylation sites is 1. The van der Waals surface area contributed by atoms with Crippen molar-refractivity contribution in [1.82, 2.24) is 4.90 Å². The molecule has 0 spiro atoms. The van der Waals surface area contributed by atoms with Crippen molar-refractivity contribution in [2.24, 2.45) is 5.92 Å². The van der Waals surface area contributed by atoms with E-state index >= 15 is 0 Å². The number of carbonyl (C=O) groups is 1. The van der Waals surface area contributed by atoms with Gasteiger partial charge in [-0.05, 0) is 49.1 Å². The van der Waals surface area contributed by atoms with Crippen molar-refractivity contribution in [2.75, 3.05) is 19.8 Å². The molecule has 0 atom stereocenters. The Morgan fingerprint density at radius 1 is 0.903 bits per heavy atom. The van der Waals surface area contributed by atoms with Crippen molar-refractivity contribution in [3.05, 3.63) is 59.9 Å². The predicted octanol–water partition coefficient (Wildman–Crippen LogP) is 5.82. The second-order valence-electron chi connectivity index (χ2n) is 8.65. The van der Waals surface area contributed by atoms with Crippen LogP contribution in [0, 0.1) is 5.92 Å². The molecule has 1 aliphatic heterocycles. The summed E-state index contributed by atoms with van der Waals surface area (Å²) in [6.07, 6.45) is 7.02. The summed E-state index contributed by atoms with van der Waals surface area (Å²) < 4.78 is 17.6. The minimum atomic E-state index is 0.0154. The van der Waals surface area contributed by atoms with Crippen LogP contribution in [0.4, 0.5) is 0 Å². The normalized spacial score (nSPS) is 16.8. The Bertz CT molecular complexity index is 1020. The van der Waals surface area contributed by atoms with Crippen molar-refractivity contribution in [1.29, 1.82) is 0 Å². The van der Waals surface area contributed by atoms with Gasteiger partial charge in [-0.25, -0.2) is 0 Å². The summed E-state index contributed by atoms with van der Waals surface area (Å²) in [5, 5.41) is 1.07. The molecular weight excluding hydrogens is 390 g/mol. The number of fused-ring (bicyclic) bond motifs is 2. The Kier molecular flexibility index (Phi) is 5.83. The van der Waals surface area contributed by atoms with Gasteiger partial charge in [-0.3, -0.25) is 4.79 Å². The van der Waals surface area contributed by atoms with Crippen molar-refractivity contribution >= 4 is 16.9 Å². The molecule has 0 N–H and O–H groups in total. The Morgan fingerprint density at radius 2 is 1.71 bits per heavy atom. The highest BCUT2D eigenvalue weighted by atomic mass is 16.5. The first-order valence-electron chi connectivity index (χ1n) is 11.4. The van der Waals surface area contributed by atoms with E-state index in [9.17, 15) is 4.79 Å². The van der Waals surface area contributed by atoms with Crippen molar-refractivity contribution in [3.63, 3.8) is 0 Å². The molecule has 1 fully saturated rings. The first-order valence-corrected chi connectivity index (χ1v) is 11.4. The lowest BCUT2D eigenvalue weighted by atomic mass is 9.89. The van der Waals surface area contributed by atoms with Crippen LogP contribution >= 0.6 is 0 Å². The van der Waals surface area contributed by atoms with Gasteiger partial charge in [0.25, 0.3) is 5.91 Å². The van der Waals surface area contributed by atoms with Gasteiger partial charge in [-0.1, -0.05) is 37.5 Å². The number of furan rings is 1. The highest BCUT2D eigenvalue weighted by molar-refractivity contribution is 5.95. The smallest absolute Gasteiger partial charge is 0.254 e. The highest BCUT2D eigenvalue weighted by Crippen LogP contribution is 2.32. The molecule has 5 heteroatoms. The molecule has 1 saturated carbocycles. The van der Waals surface area contributed by atoms with Gasteiger partial charge in [0.15, 0.2) is 11.5 Å². The third kappa shape index (κ3) is 4.55. The molecule has 5 rings (SSSR count). The maximum Gasteiger partial charge on any atom is 0.254 e. The van der Waals surface area contributed by atoms with Crippen LogP contribution in [0.5, 0.6) is 11.5 Å². The molecule has 0 unspecified atom stereocenters. The number of benzene rings is 2. The van der Waals surface area contributed by atoms with Crippen LogP contribution in [-0.2, 0) is 6.54 Å². The molecule has 0 saturated heterocycles. The second-order valence-corrected chi connectivity index (χ2v) is 8.65. The van der Waals surface area contributed by atoms with Crippen LogP contribution in [0.25, 0.3) is 11.0 Å². The summed E-state index contributed by atoms with van der Waals surface area (Å²) >= 11 is 0. The summed E-state index contributed by atoms with van der Waals surface area (Å²) in [4.78, 5) is 15.5. The standard InChI is InChI=1S/C26H29NO4/c28-26(21-11-12-24-25(16-21)30-14-6-13-29-24)27(17-19-7-2-1-3-8-19)18-22-15-20-9-4-5-10-23(20)31-22/h4-5,9-12,15-16,19H,1-3,6-8,13-14,17-18H2. The largest absolute Gasteiger partial charge is 0.490 e. The monoisotopic (exact) mass is 419 g/mol. The molecule has 0 bridgehead atoms. The third-order valence-corrected chi connectivity index (χ3v) is 6.31. The van der Waals surface area contributed by atoms with Gasteiger partial charge in [0.1, 0.15) is 11.3 Å². The Hall–Kier alpha value is -2.95. The molecule has 2 heterocycles. The molecule has 0 radical (unpaired) electrons. The van der Waals surface area contributed by atoms with Gasteiger partial charge >= 0.3 is 0 Å². The summed E-state index contributed by atoms with van der Waals surface area (Å²) in [6, 6.07) is 15.6. The first kappa shape index (κ1) is 20.0. The van der Waals surface area contributed by atoms with E-state index in [-0.39, 0.29) is 5.91 Å². The van der Waals surface area contributed by atoms with Crippen LogP contribution < -0.4 is 9.47 Å². The topological polar surface area (TPSA) is 51.9 Å². The van der Waals surface area contributed by atoms with Gasteiger partial charge in [-0.15, -0.1) is 0 Å². The first-order chi connectivity index (χ1) is 15.3. The maximum atomic E-state index is 13.6. The molecule has 162 valence electrons. The van der Waals surface area contributed by atoms with Crippen LogP contribution in [0.2, 0.25) is 0 Å². The van der Waals surface area contributed by atoms with Gasteiger partial charge < -0.3 is 18.8 Å². The summed E-state index contributed by atoms with van der Waals surface area (Å²) in [7, 11) is 0.